The zero-order valence-electron chi connectivity index (χ0n) is 10.2. The Bertz CT molecular complexity index is 760. The van der Waals surface area contributed by atoms with Crippen molar-refractivity contribution in [2.45, 2.75) is 6.92 Å². The summed E-state index contributed by atoms with van der Waals surface area (Å²) in [5.41, 5.74) is 3.60. The molecule has 94 valence electrons. The molecule has 19 heavy (non-hydrogen) atoms. The lowest BCUT2D eigenvalue weighted by atomic mass is 10.2. The van der Waals surface area contributed by atoms with Crippen LogP contribution in [0, 0.1) is 6.92 Å². The van der Waals surface area contributed by atoms with Gasteiger partial charge in [-0.15, -0.1) is 0 Å². The number of rotatable bonds is 2. The van der Waals surface area contributed by atoms with Crippen molar-refractivity contribution in [3.8, 4) is 11.4 Å². The first-order valence-corrected chi connectivity index (χ1v) is 5.79. The van der Waals surface area contributed by atoms with Crippen LogP contribution in [0.2, 0.25) is 0 Å². The number of hydrogen-bond donors (Lipinski definition) is 2. The van der Waals surface area contributed by atoms with Gasteiger partial charge in [-0.25, -0.2) is 9.78 Å². The molecule has 1 aromatic carbocycles. The van der Waals surface area contributed by atoms with E-state index in [0.29, 0.717) is 5.69 Å². The molecule has 0 saturated carbocycles. The van der Waals surface area contributed by atoms with Gasteiger partial charge in [0, 0.05) is 10.9 Å². The van der Waals surface area contributed by atoms with E-state index in [4.69, 9.17) is 5.11 Å². The second kappa shape index (κ2) is 4.20. The quantitative estimate of drug-likeness (QED) is 0.735. The number of carboxylic acid groups (broad SMARTS) is 1. The third-order valence-electron chi connectivity index (χ3n) is 3.01. The summed E-state index contributed by atoms with van der Waals surface area (Å²) in [6.07, 6.45) is 2.72. The fourth-order valence-electron chi connectivity index (χ4n) is 2.02. The minimum Gasteiger partial charge on any atom is -0.476 e. The molecule has 2 aromatic heterocycles. The van der Waals surface area contributed by atoms with Gasteiger partial charge in [0.15, 0.2) is 5.69 Å². The third-order valence-corrected chi connectivity index (χ3v) is 3.01. The monoisotopic (exact) mass is 253 g/mol. The van der Waals surface area contributed by atoms with Crippen LogP contribution in [0.1, 0.15) is 16.1 Å². The molecular formula is C14H11N3O2. The molecule has 0 fully saturated rings. The van der Waals surface area contributed by atoms with Gasteiger partial charge in [0.05, 0.1) is 18.1 Å². The Morgan fingerprint density at radius 3 is 2.74 bits per heavy atom. The standard InChI is InChI=1S/C14H11N3O2/c1-8-3-2-4-9-5-10(17-13(8)9)11-6-16-12(7-15-11)14(18)19/h2-7,17H,1H3,(H,18,19). The maximum Gasteiger partial charge on any atom is 0.356 e. The van der Waals surface area contributed by atoms with Crippen molar-refractivity contribution in [3.05, 3.63) is 47.9 Å². The molecule has 2 heterocycles. The molecule has 0 aliphatic heterocycles. The number of fused-ring (bicyclic) bond motifs is 1. The Kier molecular flexibility index (Phi) is 2.52. The molecule has 5 nitrogen and oxygen atoms in total. The van der Waals surface area contributed by atoms with Crippen molar-refractivity contribution in [1.29, 1.82) is 0 Å². The van der Waals surface area contributed by atoms with E-state index in [1.54, 1.807) is 0 Å². The Morgan fingerprint density at radius 1 is 1.26 bits per heavy atom. The lowest BCUT2D eigenvalue weighted by molar-refractivity contribution is 0.0690. The molecule has 0 atom stereocenters. The molecule has 3 rings (SSSR count). The van der Waals surface area contributed by atoms with Crippen LogP contribution in [0.5, 0.6) is 0 Å². The van der Waals surface area contributed by atoms with Crippen LogP contribution in [0.25, 0.3) is 22.3 Å². The summed E-state index contributed by atoms with van der Waals surface area (Å²) < 4.78 is 0. The molecule has 0 aliphatic rings. The summed E-state index contributed by atoms with van der Waals surface area (Å²) in [6, 6.07) is 8.02. The normalized spacial score (nSPS) is 10.8. The van der Waals surface area contributed by atoms with Gasteiger partial charge < -0.3 is 10.1 Å². The van der Waals surface area contributed by atoms with Crippen LogP contribution >= 0.6 is 0 Å². The number of benzene rings is 1. The van der Waals surface area contributed by atoms with Crippen molar-refractivity contribution in [1.82, 2.24) is 15.0 Å². The largest absolute Gasteiger partial charge is 0.476 e. The predicted octanol–water partition coefficient (Wildman–Crippen LogP) is 2.63. The molecule has 0 aliphatic carbocycles. The van der Waals surface area contributed by atoms with Gasteiger partial charge in [-0.3, -0.25) is 4.98 Å². The second-order valence-corrected chi connectivity index (χ2v) is 4.31. The first-order chi connectivity index (χ1) is 9.15. The Morgan fingerprint density at radius 2 is 2.11 bits per heavy atom. The van der Waals surface area contributed by atoms with Gasteiger partial charge in [-0.1, -0.05) is 18.2 Å². The van der Waals surface area contributed by atoms with Gasteiger partial charge in [-0.2, -0.15) is 0 Å². The minimum atomic E-state index is -1.08. The molecular weight excluding hydrogens is 242 g/mol. The number of H-pyrrole nitrogens is 1. The van der Waals surface area contributed by atoms with E-state index in [1.165, 1.54) is 12.4 Å². The van der Waals surface area contributed by atoms with E-state index in [1.807, 2.05) is 31.2 Å². The van der Waals surface area contributed by atoms with Crippen LogP contribution in [0.15, 0.2) is 36.7 Å². The Hall–Kier alpha value is -2.69. The maximum atomic E-state index is 10.7. The predicted molar refractivity (Wildman–Crippen MR) is 71.0 cm³/mol. The van der Waals surface area contributed by atoms with Gasteiger partial charge in [0.25, 0.3) is 0 Å². The Balaban J connectivity index is 2.09. The van der Waals surface area contributed by atoms with E-state index in [2.05, 4.69) is 15.0 Å². The number of aromatic carboxylic acids is 1. The number of aryl methyl sites for hydroxylation is 1. The summed E-state index contributed by atoms with van der Waals surface area (Å²) in [6.45, 7) is 2.03. The van der Waals surface area contributed by atoms with Crippen molar-refractivity contribution in [3.63, 3.8) is 0 Å². The number of para-hydroxylation sites is 1. The van der Waals surface area contributed by atoms with E-state index < -0.39 is 5.97 Å². The highest BCUT2D eigenvalue weighted by Gasteiger charge is 2.09. The van der Waals surface area contributed by atoms with Crippen LogP contribution in [-0.4, -0.2) is 26.0 Å². The number of carbonyl (C=O) groups is 1. The molecule has 2 N–H and O–H groups in total. The van der Waals surface area contributed by atoms with E-state index in [0.717, 1.165) is 22.2 Å². The minimum absolute atomic E-state index is 0.0592. The topological polar surface area (TPSA) is 78.9 Å². The van der Waals surface area contributed by atoms with Crippen LogP contribution in [-0.2, 0) is 0 Å². The van der Waals surface area contributed by atoms with E-state index in [9.17, 15) is 4.79 Å². The molecule has 0 saturated heterocycles. The fourth-order valence-corrected chi connectivity index (χ4v) is 2.02. The second-order valence-electron chi connectivity index (χ2n) is 4.31. The highest BCUT2D eigenvalue weighted by atomic mass is 16.4. The fraction of sp³-hybridized carbons (Fsp3) is 0.0714. The van der Waals surface area contributed by atoms with Crippen molar-refractivity contribution in [2.75, 3.05) is 0 Å². The molecule has 0 amide bonds. The first kappa shape index (κ1) is 11.4. The average Bonchev–Trinajstić information content (AvgIpc) is 2.84. The molecule has 0 radical (unpaired) electrons. The highest BCUT2D eigenvalue weighted by Crippen LogP contribution is 2.24. The molecule has 0 spiro atoms. The van der Waals surface area contributed by atoms with Gasteiger partial charge in [0.1, 0.15) is 5.69 Å². The molecule has 0 bridgehead atoms. The number of nitrogens with zero attached hydrogens (tertiary/aromatic N) is 2. The third kappa shape index (κ3) is 1.95. The summed E-state index contributed by atoms with van der Waals surface area (Å²) >= 11 is 0. The zero-order valence-corrected chi connectivity index (χ0v) is 10.2. The highest BCUT2D eigenvalue weighted by molar-refractivity contribution is 5.88. The van der Waals surface area contributed by atoms with Crippen LogP contribution in [0.3, 0.4) is 0 Å². The number of aromatic amines is 1. The smallest absolute Gasteiger partial charge is 0.356 e. The lowest BCUT2D eigenvalue weighted by Gasteiger charge is -1.97. The summed E-state index contributed by atoms with van der Waals surface area (Å²) in [4.78, 5) is 22.0. The zero-order chi connectivity index (χ0) is 13.4. The molecule has 5 heteroatoms. The van der Waals surface area contributed by atoms with Crippen molar-refractivity contribution in [2.24, 2.45) is 0 Å². The summed E-state index contributed by atoms with van der Waals surface area (Å²) in [5, 5.41) is 9.88. The Labute approximate surface area is 109 Å². The van der Waals surface area contributed by atoms with Crippen LogP contribution in [0.4, 0.5) is 0 Å². The average molecular weight is 253 g/mol. The number of aromatic nitrogens is 3. The molecule has 0 unspecified atom stereocenters. The summed E-state index contributed by atoms with van der Waals surface area (Å²) in [7, 11) is 0. The van der Waals surface area contributed by atoms with E-state index >= 15 is 0 Å². The SMILES string of the molecule is Cc1cccc2cc(-c3cnc(C(=O)O)cn3)[nH]c12. The maximum absolute atomic E-state index is 10.7. The van der Waals surface area contributed by atoms with E-state index in [-0.39, 0.29) is 5.69 Å². The van der Waals surface area contributed by atoms with Crippen molar-refractivity contribution >= 4 is 16.9 Å². The van der Waals surface area contributed by atoms with Gasteiger partial charge in [0.2, 0.25) is 0 Å². The van der Waals surface area contributed by atoms with Crippen LogP contribution < -0.4 is 0 Å². The first-order valence-electron chi connectivity index (χ1n) is 5.79. The van der Waals surface area contributed by atoms with Gasteiger partial charge in [-0.05, 0) is 18.6 Å². The molecule has 3 aromatic rings. The number of nitrogens with one attached hydrogen (secondary N) is 1. The van der Waals surface area contributed by atoms with Crippen molar-refractivity contribution < 1.29 is 9.90 Å². The number of carboxylic acids is 1. The van der Waals surface area contributed by atoms with Gasteiger partial charge >= 0.3 is 5.97 Å². The number of hydrogen-bond acceptors (Lipinski definition) is 3. The lowest BCUT2D eigenvalue weighted by Crippen LogP contribution is -2.01. The summed E-state index contributed by atoms with van der Waals surface area (Å²) in [5.74, 6) is -1.08.